The van der Waals surface area contributed by atoms with Crippen LogP contribution in [0.1, 0.15) is 44.6 Å². The van der Waals surface area contributed by atoms with E-state index in [1.165, 1.54) is 0 Å². The van der Waals surface area contributed by atoms with Gasteiger partial charge in [-0.05, 0) is 26.2 Å². The molecule has 1 fully saturated rings. The Labute approximate surface area is 114 Å². The van der Waals surface area contributed by atoms with E-state index in [1.807, 2.05) is 13.1 Å². The van der Waals surface area contributed by atoms with Gasteiger partial charge in [0.25, 0.3) is 0 Å². The van der Waals surface area contributed by atoms with Crippen LogP contribution >= 0.6 is 0 Å². The van der Waals surface area contributed by atoms with Crippen LogP contribution in [0.3, 0.4) is 0 Å². The van der Waals surface area contributed by atoms with Gasteiger partial charge in [-0.2, -0.15) is 4.98 Å². The maximum Gasteiger partial charge on any atom is 0.224 e. The summed E-state index contributed by atoms with van der Waals surface area (Å²) in [6.07, 6.45) is 6.84. The summed E-state index contributed by atoms with van der Waals surface area (Å²) in [5.41, 5.74) is 0.442. The molecule has 1 aromatic heterocycles. The molecular formula is C14H24N4O. The number of nitrogens with zero attached hydrogens (tertiary/aromatic N) is 2. The standard InChI is InChI=1S/C14H24N4O/c1-3-8-15-13-16-9-11(2)12(18-13)17-10-14(19)6-4-5-7-14/h9,19H,3-8,10H2,1-2H3,(H2,15,16,17,18). The van der Waals surface area contributed by atoms with E-state index in [1.54, 1.807) is 0 Å². The third-order valence-corrected chi connectivity index (χ3v) is 3.62. The van der Waals surface area contributed by atoms with Crippen LogP contribution in [0.2, 0.25) is 0 Å². The molecule has 2 rings (SSSR count). The van der Waals surface area contributed by atoms with Gasteiger partial charge in [0.05, 0.1) is 5.60 Å². The maximum atomic E-state index is 10.3. The third-order valence-electron chi connectivity index (χ3n) is 3.62. The molecule has 0 unspecified atom stereocenters. The van der Waals surface area contributed by atoms with Crippen molar-refractivity contribution in [1.82, 2.24) is 9.97 Å². The second-order valence-corrected chi connectivity index (χ2v) is 5.44. The minimum absolute atomic E-state index is 0.561. The smallest absolute Gasteiger partial charge is 0.224 e. The van der Waals surface area contributed by atoms with Crippen molar-refractivity contribution in [3.63, 3.8) is 0 Å². The molecule has 0 spiro atoms. The maximum absolute atomic E-state index is 10.3. The first-order chi connectivity index (χ1) is 9.13. The van der Waals surface area contributed by atoms with Gasteiger partial charge in [-0.3, -0.25) is 0 Å². The van der Waals surface area contributed by atoms with Crippen LogP contribution in [0.15, 0.2) is 6.20 Å². The molecule has 106 valence electrons. The first-order valence-corrected chi connectivity index (χ1v) is 7.17. The van der Waals surface area contributed by atoms with E-state index in [9.17, 15) is 5.11 Å². The van der Waals surface area contributed by atoms with Gasteiger partial charge in [-0.25, -0.2) is 4.98 Å². The molecule has 1 heterocycles. The molecule has 0 bridgehead atoms. The molecule has 5 nitrogen and oxygen atoms in total. The predicted molar refractivity (Wildman–Crippen MR) is 77.5 cm³/mol. The van der Waals surface area contributed by atoms with Crippen molar-refractivity contribution < 1.29 is 5.11 Å². The number of aromatic nitrogens is 2. The van der Waals surface area contributed by atoms with E-state index in [0.29, 0.717) is 12.5 Å². The quantitative estimate of drug-likeness (QED) is 0.735. The van der Waals surface area contributed by atoms with Crippen molar-refractivity contribution in [2.45, 2.75) is 51.6 Å². The lowest BCUT2D eigenvalue weighted by Gasteiger charge is -2.23. The normalized spacial score (nSPS) is 17.4. The summed E-state index contributed by atoms with van der Waals surface area (Å²) in [6.45, 7) is 5.52. The molecule has 1 aliphatic carbocycles. The fourth-order valence-corrected chi connectivity index (χ4v) is 2.40. The summed E-state index contributed by atoms with van der Waals surface area (Å²) in [5.74, 6) is 1.46. The summed E-state index contributed by atoms with van der Waals surface area (Å²) < 4.78 is 0. The molecule has 19 heavy (non-hydrogen) atoms. The molecule has 0 atom stereocenters. The molecule has 1 saturated carbocycles. The highest BCUT2D eigenvalue weighted by molar-refractivity contribution is 5.46. The number of rotatable bonds is 6. The van der Waals surface area contributed by atoms with Crippen LogP contribution in [0.4, 0.5) is 11.8 Å². The van der Waals surface area contributed by atoms with Crippen molar-refractivity contribution >= 4 is 11.8 Å². The highest BCUT2D eigenvalue weighted by atomic mass is 16.3. The fraction of sp³-hybridized carbons (Fsp3) is 0.714. The number of anilines is 2. The Bertz CT molecular complexity index is 416. The Kier molecular flexibility index (Phi) is 4.58. The Morgan fingerprint density at radius 3 is 2.74 bits per heavy atom. The fourth-order valence-electron chi connectivity index (χ4n) is 2.40. The molecule has 0 aliphatic heterocycles. The van der Waals surface area contributed by atoms with Crippen LogP contribution in [-0.4, -0.2) is 33.8 Å². The van der Waals surface area contributed by atoms with Gasteiger partial charge in [0.15, 0.2) is 0 Å². The van der Waals surface area contributed by atoms with Gasteiger partial charge in [0, 0.05) is 24.8 Å². The molecule has 0 radical (unpaired) electrons. The highest BCUT2D eigenvalue weighted by Crippen LogP contribution is 2.29. The molecule has 3 N–H and O–H groups in total. The zero-order chi connectivity index (χ0) is 13.7. The Hall–Kier alpha value is -1.36. The van der Waals surface area contributed by atoms with E-state index < -0.39 is 5.60 Å². The molecule has 1 aromatic rings. The average molecular weight is 264 g/mol. The number of nitrogens with one attached hydrogen (secondary N) is 2. The minimum Gasteiger partial charge on any atom is -0.388 e. The summed E-state index contributed by atoms with van der Waals surface area (Å²) in [7, 11) is 0. The van der Waals surface area contributed by atoms with E-state index in [-0.39, 0.29) is 0 Å². The molecule has 0 aromatic carbocycles. The molecule has 0 amide bonds. The van der Waals surface area contributed by atoms with E-state index in [4.69, 9.17) is 0 Å². The minimum atomic E-state index is -0.561. The highest BCUT2D eigenvalue weighted by Gasteiger charge is 2.30. The number of hydrogen-bond donors (Lipinski definition) is 3. The lowest BCUT2D eigenvalue weighted by atomic mass is 10.0. The Morgan fingerprint density at radius 2 is 2.05 bits per heavy atom. The molecule has 0 saturated heterocycles. The number of aliphatic hydroxyl groups is 1. The number of aryl methyl sites for hydroxylation is 1. The Morgan fingerprint density at radius 1 is 1.32 bits per heavy atom. The van der Waals surface area contributed by atoms with E-state index >= 15 is 0 Å². The summed E-state index contributed by atoms with van der Waals surface area (Å²) in [4.78, 5) is 8.71. The third kappa shape index (κ3) is 3.80. The lowest BCUT2D eigenvalue weighted by molar-refractivity contribution is 0.0614. The zero-order valence-corrected chi connectivity index (χ0v) is 11.9. The second-order valence-electron chi connectivity index (χ2n) is 5.44. The monoisotopic (exact) mass is 264 g/mol. The van der Waals surface area contributed by atoms with Gasteiger partial charge >= 0.3 is 0 Å². The largest absolute Gasteiger partial charge is 0.388 e. The van der Waals surface area contributed by atoms with Gasteiger partial charge < -0.3 is 15.7 Å². The van der Waals surface area contributed by atoms with Crippen molar-refractivity contribution in [1.29, 1.82) is 0 Å². The first-order valence-electron chi connectivity index (χ1n) is 7.17. The van der Waals surface area contributed by atoms with Crippen LogP contribution < -0.4 is 10.6 Å². The van der Waals surface area contributed by atoms with Crippen molar-refractivity contribution in [2.75, 3.05) is 23.7 Å². The van der Waals surface area contributed by atoms with E-state index in [0.717, 1.165) is 50.0 Å². The van der Waals surface area contributed by atoms with Crippen LogP contribution in [0.25, 0.3) is 0 Å². The van der Waals surface area contributed by atoms with Crippen molar-refractivity contribution in [3.05, 3.63) is 11.8 Å². The van der Waals surface area contributed by atoms with Gasteiger partial charge in [0.2, 0.25) is 5.95 Å². The zero-order valence-electron chi connectivity index (χ0n) is 11.9. The lowest BCUT2D eigenvalue weighted by Crippen LogP contribution is -2.34. The topological polar surface area (TPSA) is 70.1 Å². The van der Waals surface area contributed by atoms with Crippen LogP contribution in [-0.2, 0) is 0 Å². The summed E-state index contributed by atoms with van der Waals surface area (Å²) in [6, 6.07) is 0. The number of hydrogen-bond acceptors (Lipinski definition) is 5. The molecular weight excluding hydrogens is 240 g/mol. The summed E-state index contributed by atoms with van der Waals surface area (Å²) >= 11 is 0. The molecule has 5 heteroatoms. The Balaban J connectivity index is 1.98. The van der Waals surface area contributed by atoms with Gasteiger partial charge in [-0.15, -0.1) is 0 Å². The predicted octanol–water partition coefficient (Wildman–Crippen LogP) is 2.32. The second kappa shape index (κ2) is 6.19. The van der Waals surface area contributed by atoms with E-state index in [2.05, 4.69) is 27.5 Å². The van der Waals surface area contributed by atoms with Crippen LogP contribution in [0, 0.1) is 6.92 Å². The van der Waals surface area contributed by atoms with Gasteiger partial charge in [-0.1, -0.05) is 19.8 Å². The average Bonchev–Trinajstić information content (AvgIpc) is 2.84. The summed E-state index contributed by atoms with van der Waals surface area (Å²) in [5, 5.41) is 16.8. The van der Waals surface area contributed by atoms with Crippen molar-refractivity contribution in [3.8, 4) is 0 Å². The van der Waals surface area contributed by atoms with Crippen LogP contribution in [0.5, 0.6) is 0 Å². The first kappa shape index (κ1) is 14.1. The molecule has 1 aliphatic rings. The van der Waals surface area contributed by atoms with Gasteiger partial charge in [0.1, 0.15) is 5.82 Å². The SMILES string of the molecule is CCCNc1ncc(C)c(NCC2(O)CCCC2)n1. The van der Waals surface area contributed by atoms with Crippen molar-refractivity contribution in [2.24, 2.45) is 0 Å².